The summed E-state index contributed by atoms with van der Waals surface area (Å²) < 4.78 is 12.8. The van der Waals surface area contributed by atoms with Crippen LogP contribution in [0.4, 0.5) is 10.3 Å². The molecule has 0 saturated carbocycles. The van der Waals surface area contributed by atoms with Crippen LogP contribution in [-0.2, 0) is 0 Å². The smallest absolute Gasteiger partial charge is 0.270 e. The molecule has 0 aliphatic heterocycles. The Morgan fingerprint density at radius 1 is 1.50 bits per heavy atom. The molecule has 8 heteroatoms. The third kappa shape index (κ3) is 1.95. The molecule has 2 aromatic rings. The molecule has 7 nitrogen and oxygen atoms in total. The van der Waals surface area contributed by atoms with Gasteiger partial charge >= 0.3 is 0 Å². The second-order valence-corrected chi connectivity index (χ2v) is 2.85. The predicted molar refractivity (Wildman–Crippen MR) is 50.2 cm³/mol. The summed E-state index contributed by atoms with van der Waals surface area (Å²) in [5.41, 5.74) is -0.204. The number of aromatic amines is 1. The van der Waals surface area contributed by atoms with Crippen molar-refractivity contribution in [2.75, 3.05) is 5.32 Å². The van der Waals surface area contributed by atoms with E-state index in [1.807, 2.05) is 0 Å². The number of anilines is 1. The molecular formula is C8H6FN5O2. The van der Waals surface area contributed by atoms with Gasteiger partial charge in [0.15, 0.2) is 0 Å². The highest BCUT2D eigenvalue weighted by molar-refractivity contribution is 6.05. The molecular weight excluding hydrogens is 217 g/mol. The minimum absolute atomic E-state index is 0.0614. The van der Waals surface area contributed by atoms with E-state index < -0.39 is 11.7 Å². The Morgan fingerprint density at radius 3 is 3.00 bits per heavy atom. The molecule has 0 aliphatic carbocycles. The van der Waals surface area contributed by atoms with E-state index in [0.29, 0.717) is 0 Å². The largest absolute Gasteiger partial charge is 0.507 e. The van der Waals surface area contributed by atoms with Crippen LogP contribution >= 0.6 is 0 Å². The van der Waals surface area contributed by atoms with Crippen molar-refractivity contribution in [3.8, 4) is 5.75 Å². The van der Waals surface area contributed by atoms with E-state index in [2.05, 4.69) is 25.9 Å². The van der Waals surface area contributed by atoms with E-state index in [1.54, 1.807) is 0 Å². The topological polar surface area (TPSA) is 104 Å². The van der Waals surface area contributed by atoms with Crippen LogP contribution in [0.15, 0.2) is 18.2 Å². The molecule has 16 heavy (non-hydrogen) atoms. The average Bonchev–Trinajstić information content (AvgIpc) is 2.74. The number of H-pyrrole nitrogens is 1. The Hall–Kier alpha value is -2.51. The summed E-state index contributed by atoms with van der Waals surface area (Å²) in [6.45, 7) is 0. The minimum Gasteiger partial charge on any atom is -0.507 e. The van der Waals surface area contributed by atoms with E-state index in [4.69, 9.17) is 0 Å². The number of carbonyl (C=O) groups excluding carboxylic acids is 1. The highest BCUT2D eigenvalue weighted by atomic mass is 19.1. The van der Waals surface area contributed by atoms with Crippen LogP contribution in [0.5, 0.6) is 5.75 Å². The van der Waals surface area contributed by atoms with Gasteiger partial charge in [-0.05, 0) is 23.4 Å². The molecule has 0 saturated heterocycles. The van der Waals surface area contributed by atoms with Crippen molar-refractivity contribution in [3.05, 3.63) is 29.6 Å². The predicted octanol–water partition coefficient (Wildman–Crippen LogP) is 0.297. The number of aromatic hydroxyl groups is 1. The Labute approximate surface area is 88.3 Å². The summed E-state index contributed by atoms with van der Waals surface area (Å²) in [7, 11) is 0. The first-order valence-electron chi connectivity index (χ1n) is 4.20. The lowest BCUT2D eigenvalue weighted by Gasteiger charge is -2.03. The number of carbonyl (C=O) groups is 1. The van der Waals surface area contributed by atoms with Crippen molar-refractivity contribution in [3.63, 3.8) is 0 Å². The summed E-state index contributed by atoms with van der Waals surface area (Å²) in [5.74, 6) is -1.74. The van der Waals surface area contributed by atoms with Crippen molar-refractivity contribution in [1.82, 2.24) is 20.6 Å². The van der Waals surface area contributed by atoms with Gasteiger partial charge in [0.25, 0.3) is 11.9 Å². The fraction of sp³-hybridized carbons (Fsp3) is 0. The number of nitrogens with one attached hydrogen (secondary N) is 2. The molecule has 1 amide bonds. The second kappa shape index (κ2) is 3.93. The zero-order valence-electron chi connectivity index (χ0n) is 7.81. The standard InChI is InChI=1S/C8H6FN5O2/c9-4-1-2-6(15)5(3-4)7(16)10-8-11-13-14-12-8/h1-3,15H,(H2,10,11,12,13,14,16). The number of hydrogen-bond acceptors (Lipinski definition) is 5. The van der Waals surface area contributed by atoms with Gasteiger partial charge in [0, 0.05) is 0 Å². The average molecular weight is 223 g/mol. The van der Waals surface area contributed by atoms with Gasteiger partial charge in [-0.2, -0.15) is 5.21 Å². The highest BCUT2D eigenvalue weighted by Gasteiger charge is 2.13. The number of aromatic nitrogens is 4. The van der Waals surface area contributed by atoms with Crippen LogP contribution in [0.3, 0.4) is 0 Å². The summed E-state index contributed by atoms with van der Waals surface area (Å²) in [5, 5.41) is 23.9. The second-order valence-electron chi connectivity index (χ2n) is 2.85. The highest BCUT2D eigenvalue weighted by Crippen LogP contribution is 2.18. The zero-order valence-corrected chi connectivity index (χ0v) is 7.81. The number of nitrogens with zero attached hydrogens (tertiary/aromatic N) is 3. The number of rotatable bonds is 2. The first-order valence-corrected chi connectivity index (χ1v) is 4.20. The van der Waals surface area contributed by atoms with Crippen LogP contribution in [-0.4, -0.2) is 31.6 Å². The van der Waals surface area contributed by atoms with E-state index in [0.717, 1.165) is 18.2 Å². The summed E-state index contributed by atoms with van der Waals surface area (Å²) in [6.07, 6.45) is 0. The number of benzene rings is 1. The lowest BCUT2D eigenvalue weighted by Crippen LogP contribution is -2.13. The Kier molecular flexibility index (Phi) is 2.46. The first-order chi connectivity index (χ1) is 7.66. The van der Waals surface area contributed by atoms with Crippen LogP contribution in [0.1, 0.15) is 10.4 Å². The van der Waals surface area contributed by atoms with Gasteiger partial charge in [0.2, 0.25) is 0 Å². The van der Waals surface area contributed by atoms with Crippen molar-refractivity contribution in [1.29, 1.82) is 0 Å². The van der Waals surface area contributed by atoms with E-state index in [9.17, 15) is 14.3 Å². The number of amides is 1. The summed E-state index contributed by atoms with van der Waals surface area (Å²) in [4.78, 5) is 11.5. The molecule has 0 radical (unpaired) electrons. The monoisotopic (exact) mass is 223 g/mol. The number of phenolic OH excluding ortho intramolecular Hbond substituents is 1. The van der Waals surface area contributed by atoms with Crippen LogP contribution in [0, 0.1) is 5.82 Å². The lowest BCUT2D eigenvalue weighted by molar-refractivity contribution is 0.102. The summed E-state index contributed by atoms with van der Waals surface area (Å²) in [6, 6.07) is 3.03. The lowest BCUT2D eigenvalue weighted by atomic mass is 10.2. The number of tetrazole rings is 1. The van der Waals surface area contributed by atoms with Crippen LogP contribution < -0.4 is 5.32 Å². The maximum Gasteiger partial charge on any atom is 0.270 e. The number of hydrogen-bond donors (Lipinski definition) is 3. The SMILES string of the molecule is O=C(Nc1nn[nH]n1)c1cc(F)ccc1O. The molecule has 0 unspecified atom stereocenters. The maximum atomic E-state index is 12.8. The third-order valence-corrected chi connectivity index (χ3v) is 1.77. The molecule has 0 aliphatic rings. The quantitative estimate of drug-likeness (QED) is 0.679. The van der Waals surface area contributed by atoms with Gasteiger partial charge in [0.05, 0.1) is 5.56 Å². The fourth-order valence-corrected chi connectivity index (χ4v) is 1.07. The van der Waals surface area contributed by atoms with Gasteiger partial charge < -0.3 is 5.11 Å². The molecule has 0 atom stereocenters. The van der Waals surface area contributed by atoms with Crippen LogP contribution in [0.2, 0.25) is 0 Å². The molecule has 1 heterocycles. The Morgan fingerprint density at radius 2 is 2.31 bits per heavy atom. The zero-order chi connectivity index (χ0) is 11.5. The molecule has 3 N–H and O–H groups in total. The molecule has 2 rings (SSSR count). The number of halogens is 1. The van der Waals surface area contributed by atoms with E-state index >= 15 is 0 Å². The first kappa shape index (κ1) is 10.0. The van der Waals surface area contributed by atoms with Crippen LogP contribution in [0.25, 0.3) is 0 Å². The molecule has 0 bridgehead atoms. The van der Waals surface area contributed by atoms with Gasteiger partial charge in [0.1, 0.15) is 11.6 Å². The molecule has 82 valence electrons. The Bertz CT molecular complexity index is 513. The number of phenols is 1. The van der Waals surface area contributed by atoms with Crippen molar-refractivity contribution in [2.24, 2.45) is 0 Å². The maximum absolute atomic E-state index is 12.8. The molecule has 1 aromatic carbocycles. The van der Waals surface area contributed by atoms with Gasteiger partial charge in [-0.15, -0.1) is 5.10 Å². The normalized spacial score (nSPS) is 10.1. The van der Waals surface area contributed by atoms with E-state index in [-0.39, 0.29) is 17.3 Å². The van der Waals surface area contributed by atoms with Gasteiger partial charge in [-0.3, -0.25) is 10.1 Å². The minimum atomic E-state index is -0.724. The molecule has 0 spiro atoms. The fourth-order valence-electron chi connectivity index (χ4n) is 1.07. The molecule has 0 fully saturated rings. The van der Waals surface area contributed by atoms with Gasteiger partial charge in [-0.25, -0.2) is 4.39 Å². The van der Waals surface area contributed by atoms with Gasteiger partial charge in [-0.1, -0.05) is 5.10 Å². The van der Waals surface area contributed by atoms with Crippen molar-refractivity contribution in [2.45, 2.75) is 0 Å². The van der Waals surface area contributed by atoms with E-state index in [1.165, 1.54) is 0 Å². The summed E-state index contributed by atoms with van der Waals surface area (Å²) >= 11 is 0. The van der Waals surface area contributed by atoms with Crippen molar-refractivity contribution < 1.29 is 14.3 Å². The Balaban J connectivity index is 2.24. The van der Waals surface area contributed by atoms with Crippen molar-refractivity contribution >= 4 is 11.9 Å². The molecule has 1 aromatic heterocycles. The third-order valence-electron chi connectivity index (χ3n) is 1.77.